The van der Waals surface area contributed by atoms with Gasteiger partial charge in [0.25, 0.3) is 0 Å². The van der Waals surface area contributed by atoms with Gasteiger partial charge in [-0.1, -0.05) is 47.0 Å². The van der Waals surface area contributed by atoms with Gasteiger partial charge >= 0.3 is 0 Å². The molecule has 2 atom stereocenters. The van der Waals surface area contributed by atoms with E-state index in [-0.39, 0.29) is 0 Å². The van der Waals surface area contributed by atoms with Gasteiger partial charge in [0.15, 0.2) is 0 Å². The first-order valence-electron chi connectivity index (χ1n) is 4.70. The Morgan fingerprint density at radius 1 is 1.00 bits per heavy atom. The fourth-order valence-electron chi connectivity index (χ4n) is 1.49. The second-order valence-electron chi connectivity index (χ2n) is 3.73. The fraction of sp³-hybridized carbons (Fsp3) is 1.00. The predicted octanol–water partition coefficient (Wildman–Crippen LogP) is 3.86. The topological polar surface area (TPSA) is 0 Å². The van der Waals surface area contributed by atoms with E-state index in [0.717, 1.165) is 11.8 Å². The molecule has 0 radical (unpaired) electrons. The van der Waals surface area contributed by atoms with E-state index in [0.29, 0.717) is 0 Å². The fourth-order valence-corrected chi connectivity index (χ4v) is 1.49. The lowest BCUT2D eigenvalue weighted by Gasteiger charge is -1.96. The van der Waals surface area contributed by atoms with Gasteiger partial charge in [0.1, 0.15) is 0 Å². The lowest BCUT2D eigenvalue weighted by Crippen LogP contribution is -1.84. The molecule has 0 heteroatoms. The summed E-state index contributed by atoms with van der Waals surface area (Å²) < 4.78 is 0. The molecule has 0 aromatic rings. The van der Waals surface area contributed by atoms with E-state index >= 15 is 0 Å². The van der Waals surface area contributed by atoms with Crippen LogP contribution in [0.2, 0.25) is 0 Å². The molecule has 2 unspecified atom stereocenters. The molecule has 1 fully saturated rings. The standard InChI is InChI=1S/C7H14.C3H8/c1-6-3-4-7(2)5-6;1-3-2/h6-7H,3-5H2,1-2H3;3H2,1-2H3. The summed E-state index contributed by atoms with van der Waals surface area (Å²) in [4.78, 5) is 0. The summed E-state index contributed by atoms with van der Waals surface area (Å²) in [5.41, 5.74) is 0. The molecular weight excluding hydrogens is 120 g/mol. The normalized spacial score (nSPS) is 31.2. The van der Waals surface area contributed by atoms with Crippen LogP contribution in [0, 0.1) is 11.8 Å². The third-order valence-electron chi connectivity index (χ3n) is 1.96. The molecule has 0 aromatic heterocycles. The van der Waals surface area contributed by atoms with Crippen LogP contribution in [0.4, 0.5) is 0 Å². The Bertz CT molecular complexity index is 58.4. The van der Waals surface area contributed by atoms with Crippen LogP contribution in [0.15, 0.2) is 0 Å². The van der Waals surface area contributed by atoms with Crippen molar-refractivity contribution in [2.75, 3.05) is 0 Å². The third-order valence-corrected chi connectivity index (χ3v) is 1.96. The summed E-state index contributed by atoms with van der Waals surface area (Å²) in [7, 11) is 0. The zero-order chi connectivity index (χ0) is 7.98. The highest BCUT2D eigenvalue weighted by Crippen LogP contribution is 2.29. The van der Waals surface area contributed by atoms with Crippen LogP contribution in [0.1, 0.15) is 53.4 Å². The van der Waals surface area contributed by atoms with Crippen molar-refractivity contribution < 1.29 is 0 Å². The maximum Gasteiger partial charge on any atom is -0.0440 e. The van der Waals surface area contributed by atoms with E-state index < -0.39 is 0 Å². The van der Waals surface area contributed by atoms with Crippen LogP contribution in [-0.2, 0) is 0 Å². The Labute approximate surface area is 66.0 Å². The van der Waals surface area contributed by atoms with E-state index in [9.17, 15) is 0 Å². The lowest BCUT2D eigenvalue weighted by molar-refractivity contribution is 0.555. The maximum atomic E-state index is 2.35. The average molecular weight is 142 g/mol. The van der Waals surface area contributed by atoms with Gasteiger partial charge in [0.05, 0.1) is 0 Å². The van der Waals surface area contributed by atoms with Crippen molar-refractivity contribution in [2.24, 2.45) is 11.8 Å². The van der Waals surface area contributed by atoms with Gasteiger partial charge in [0.2, 0.25) is 0 Å². The van der Waals surface area contributed by atoms with Gasteiger partial charge < -0.3 is 0 Å². The first kappa shape index (κ1) is 10.0. The molecule has 0 heterocycles. The highest BCUT2D eigenvalue weighted by Gasteiger charge is 2.15. The molecule has 0 N–H and O–H groups in total. The quantitative estimate of drug-likeness (QED) is 0.482. The largest absolute Gasteiger partial charge is 0.0656 e. The second kappa shape index (κ2) is 5.76. The van der Waals surface area contributed by atoms with Crippen molar-refractivity contribution in [2.45, 2.75) is 53.4 Å². The monoisotopic (exact) mass is 142 g/mol. The molecule has 1 saturated carbocycles. The minimum atomic E-state index is 1.02. The van der Waals surface area contributed by atoms with Gasteiger partial charge in [0, 0.05) is 0 Å². The number of hydrogen-bond donors (Lipinski definition) is 0. The third kappa shape index (κ3) is 4.84. The van der Waals surface area contributed by atoms with Crippen molar-refractivity contribution in [1.82, 2.24) is 0 Å². The van der Waals surface area contributed by atoms with Crippen molar-refractivity contribution in [3.8, 4) is 0 Å². The molecule has 0 spiro atoms. The van der Waals surface area contributed by atoms with Crippen LogP contribution in [0.5, 0.6) is 0 Å². The molecule has 62 valence electrons. The Balaban J connectivity index is 0.000000236. The van der Waals surface area contributed by atoms with E-state index in [2.05, 4.69) is 27.7 Å². The zero-order valence-corrected chi connectivity index (χ0v) is 7.98. The van der Waals surface area contributed by atoms with Crippen LogP contribution in [-0.4, -0.2) is 0 Å². The smallest absolute Gasteiger partial charge is 0.0440 e. The number of rotatable bonds is 0. The molecule has 1 aliphatic carbocycles. The molecule has 0 aliphatic heterocycles. The van der Waals surface area contributed by atoms with Gasteiger partial charge in [-0.2, -0.15) is 0 Å². The SMILES string of the molecule is CC1CCC(C)C1.CCC. The summed E-state index contributed by atoms with van der Waals surface area (Å²) in [6, 6.07) is 0. The van der Waals surface area contributed by atoms with Crippen molar-refractivity contribution >= 4 is 0 Å². The van der Waals surface area contributed by atoms with Crippen molar-refractivity contribution in [1.29, 1.82) is 0 Å². The van der Waals surface area contributed by atoms with E-state index in [1.807, 2.05) is 0 Å². The first-order chi connectivity index (χ1) is 4.70. The maximum absolute atomic E-state index is 2.35. The summed E-state index contributed by atoms with van der Waals surface area (Å²) >= 11 is 0. The average Bonchev–Trinajstić information content (AvgIpc) is 2.17. The Hall–Kier alpha value is 0. The van der Waals surface area contributed by atoms with Gasteiger partial charge in [-0.25, -0.2) is 0 Å². The first-order valence-corrected chi connectivity index (χ1v) is 4.70. The van der Waals surface area contributed by atoms with E-state index in [4.69, 9.17) is 0 Å². The molecule has 0 bridgehead atoms. The Morgan fingerprint density at radius 2 is 1.30 bits per heavy atom. The van der Waals surface area contributed by atoms with E-state index in [1.165, 1.54) is 25.7 Å². The van der Waals surface area contributed by atoms with Crippen molar-refractivity contribution in [3.05, 3.63) is 0 Å². The predicted molar refractivity (Wildman–Crippen MR) is 48.1 cm³/mol. The van der Waals surface area contributed by atoms with Crippen LogP contribution in [0.25, 0.3) is 0 Å². The Morgan fingerprint density at radius 3 is 1.40 bits per heavy atom. The molecule has 0 saturated heterocycles. The van der Waals surface area contributed by atoms with Gasteiger partial charge in [-0.05, 0) is 18.3 Å². The Kier molecular flexibility index (Phi) is 5.76. The molecule has 0 amide bonds. The highest BCUT2D eigenvalue weighted by atomic mass is 14.2. The second-order valence-corrected chi connectivity index (χ2v) is 3.73. The molecule has 1 aliphatic rings. The van der Waals surface area contributed by atoms with Crippen LogP contribution < -0.4 is 0 Å². The molecular formula is C10H22. The highest BCUT2D eigenvalue weighted by molar-refractivity contribution is 4.68. The van der Waals surface area contributed by atoms with E-state index in [1.54, 1.807) is 0 Å². The molecule has 1 rings (SSSR count). The number of hydrogen-bond acceptors (Lipinski definition) is 0. The lowest BCUT2D eigenvalue weighted by atomic mass is 10.1. The summed E-state index contributed by atoms with van der Waals surface area (Å²) in [5.74, 6) is 2.05. The summed E-state index contributed by atoms with van der Waals surface area (Å²) in [5, 5.41) is 0. The molecule has 0 nitrogen and oxygen atoms in total. The molecule has 10 heavy (non-hydrogen) atoms. The van der Waals surface area contributed by atoms with Crippen LogP contribution in [0.3, 0.4) is 0 Å². The van der Waals surface area contributed by atoms with Crippen molar-refractivity contribution in [3.63, 3.8) is 0 Å². The minimum Gasteiger partial charge on any atom is -0.0656 e. The summed E-state index contributed by atoms with van der Waals surface area (Å²) in [6.07, 6.45) is 5.67. The molecule has 0 aromatic carbocycles. The minimum absolute atomic E-state index is 1.02. The summed E-state index contributed by atoms with van der Waals surface area (Å²) in [6.45, 7) is 8.95. The van der Waals surface area contributed by atoms with Gasteiger partial charge in [-0.15, -0.1) is 0 Å². The zero-order valence-electron chi connectivity index (χ0n) is 7.98. The van der Waals surface area contributed by atoms with Gasteiger partial charge in [-0.3, -0.25) is 0 Å². The van der Waals surface area contributed by atoms with Crippen LogP contribution >= 0.6 is 0 Å².